The zero-order chi connectivity index (χ0) is 15.4. The minimum atomic E-state index is -0.194. The monoisotopic (exact) mass is 294 g/mol. The average molecular weight is 294 g/mol. The van der Waals surface area contributed by atoms with E-state index in [1.54, 1.807) is 36.5 Å². The lowest BCUT2D eigenvalue weighted by molar-refractivity contribution is 0.102. The van der Waals surface area contributed by atoms with Crippen LogP contribution in [-0.2, 0) is 0 Å². The molecule has 3 rings (SSSR count). The molecule has 0 unspecified atom stereocenters. The van der Waals surface area contributed by atoms with Crippen LogP contribution in [0, 0.1) is 6.92 Å². The molecule has 2 N–H and O–H groups in total. The number of benzene rings is 1. The molecule has 0 aliphatic carbocycles. The number of aryl methyl sites for hydroxylation is 1. The summed E-state index contributed by atoms with van der Waals surface area (Å²) < 4.78 is 4.97. The summed E-state index contributed by atoms with van der Waals surface area (Å²) in [6, 6.07) is 14.3. The summed E-state index contributed by atoms with van der Waals surface area (Å²) >= 11 is 0. The number of hydrogen-bond acceptors (Lipinski definition) is 5. The molecule has 1 amide bonds. The largest absolute Gasteiger partial charge is 0.360 e. The molecule has 3 aromatic rings. The molecule has 0 fully saturated rings. The fourth-order valence-corrected chi connectivity index (χ4v) is 1.89. The average Bonchev–Trinajstić information content (AvgIpc) is 2.95. The summed E-state index contributed by atoms with van der Waals surface area (Å²) in [7, 11) is 0. The number of carbonyl (C=O) groups excluding carboxylic acids is 1. The number of aromatic nitrogens is 2. The number of amides is 1. The molecule has 0 saturated heterocycles. The Hall–Kier alpha value is -3.15. The van der Waals surface area contributed by atoms with Crippen molar-refractivity contribution in [2.24, 2.45) is 0 Å². The highest BCUT2D eigenvalue weighted by Gasteiger charge is 2.06. The Morgan fingerprint density at radius 3 is 2.55 bits per heavy atom. The van der Waals surface area contributed by atoms with E-state index in [4.69, 9.17) is 4.52 Å². The van der Waals surface area contributed by atoms with E-state index >= 15 is 0 Å². The van der Waals surface area contributed by atoms with Gasteiger partial charge in [-0.1, -0.05) is 23.4 Å². The van der Waals surface area contributed by atoms with E-state index in [-0.39, 0.29) is 5.91 Å². The Balaban J connectivity index is 1.65. The topological polar surface area (TPSA) is 80.0 Å². The van der Waals surface area contributed by atoms with Crippen LogP contribution in [0.2, 0.25) is 0 Å². The van der Waals surface area contributed by atoms with Gasteiger partial charge in [0.2, 0.25) is 0 Å². The van der Waals surface area contributed by atoms with Crippen molar-refractivity contribution < 1.29 is 9.32 Å². The van der Waals surface area contributed by atoms with E-state index in [0.717, 1.165) is 11.4 Å². The fourth-order valence-electron chi connectivity index (χ4n) is 1.89. The number of anilines is 3. The predicted molar refractivity (Wildman–Crippen MR) is 83.2 cm³/mol. The van der Waals surface area contributed by atoms with Crippen molar-refractivity contribution in [1.82, 2.24) is 10.1 Å². The summed E-state index contributed by atoms with van der Waals surface area (Å²) in [6.45, 7) is 1.82. The standard InChI is InChI=1S/C16H14N4O2/c1-11-9-15(20-22-11)18-13-7-8-14(17-10-13)19-16(21)12-5-3-2-4-6-12/h2-10H,1H3,(H,18,20)(H,17,19,21). The van der Waals surface area contributed by atoms with Crippen LogP contribution >= 0.6 is 0 Å². The molecule has 0 radical (unpaired) electrons. The van der Waals surface area contributed by atoms with Gasteiger partial charge in [0.1, 0.15) is 11.6 Å². The third kappa shape index (κ3) is 3.29. The van der Waals surface area contributed by atoms with Crippen LogP contribution in [0.3, 0.4) is 0 Å². The Morgan fingerprint density at radius 1 is 1.09 bits per heavy atom. The van der Waals surface area contributed by atoms with Gasteiger partial charge < -0.3 is 15.2 Å². The molecule has 0 atom stereocenters. The van der Waals surface area contributed by atoms with Gasteiger partial charge in [-0.25, -0.2) is 4.98 Å². The molecular weight excluding hydrogens is 280 g/mol. The Kier molecular flexibility index (Phi) is 3.82. The van der Waals surface area contributed by atoms with Crippen molar-refractivity contribution in [2.45, 2.75) is 6.92 Å². The van der Waals surface area contributed by atoms with Crippen LogP contribution < -0.4 is 10.6 Å². The van der Waals surface area contributed by atoms with E-state index in [1.165, 1.54) is 0 Å². The first-order chi connectivity index (χ1) is 10.7. The predicted octanol–water partition coefficient (Wildman–Crippen LogP) is 3.37. The lowest BCUT2D eigenvalue weighted by Crippen LogP contribution is -2.12. The molecule has 6 nitrogen and oxygen atoms in total. The van der Waals surface area contributed by atoms with Gasteiger partial charge in [-0.15, -0.1) is 0 Å². The van der Waals surface area contributed by atoms with Gasteiger partial charge in [-0.05, 0) is 31.2 Å². The van der Waals surface area contributed by atoms with Crippen LogP contribution in [0.1, 0.15) is 16.1 Å². The van der Waals surface area contributed by atoms with Crippen LogP contribution in [0.5, 0.6) is 0 Å². The minimum Gasteiger partial charge on any atom is -0.360 e. The number of carbonyl (C=O) groups is 1. The van der Waals surface area contributed by atoms with E-state index in [9.17, 15) is 4.79 Å². The maximum Gasteiger partial charge on any atom is 0.256 e. The molecule has 110 valence electrons. The quantitative estimate of drug-likeness (QED) is 0.771. The van der Waals surface area contributed by atoms with Crippen molar-refractivity contribution in [3.63, 3.8) is 0 Å². The van der Waals surface area contributed by atoms with Gasteiger partial charge in [0.05, 0.1) is 11.9 Å². The van der Waals surface area contributed by atoms with E-state index in [2.05, 4.69) is 20.8 Å². The van der Waals surface area contributed by atoms with Gasteiger partial charge in [-0.3, -0.25) is 4.79 Å². The molecule has 0 spiro atoms. The van der Waals surface area contributed by atoms with Gasteiger partial charge >= 0.3 is 0 Å². The third-order valence-corrected chi connectivity index (χ3v) is 2.94. The lowest BCUT2D eigenvalue weighted by Gasteiger charge is -2.06. The zero-order valence-electron chi connectivity index (χ0n) is 11.9. The molecule has 2 heterocycles. The first-order valence-corrected chi connectivity index (χ1v) is 6.73. The van der Waals surface area contributed by atoms with Crippen molar-refractivity contribution in [3.05, 3.63) is 66.1 Å². The molecular formula is C16H14N4O2. The molecule has 1 aromatic carbocycles. The summed E-state index contributed by atoms with van der Waals surface area (Å²) in [4.78, 5) is 16.2. The zero-order valence-corrected chi connectivity index (χ0v) is 11.9. The van der Waals surface area contributed by atoms with Gasteiger partial charge in [-0.2, -0.15) is 0 Å². The number of nitrogens with one attached hydrogen (secondary N) is 2. The molecule has 22 heavy (non-hydrogen) atoms. The number of hydrogen-bond donors (Lipinski definition) is 2. The molecule has 0 aliphatic heterocycles. The second-order valence-corrected chi connectivity index (χ2v) is 4.70. The van der Waals surface area contributed by atoms with E-state index < -0.39 is 0 Å². The van der Waals surface area contributed by atoms with Gasteiger partial charge in [0.15, 0.2) is 5.82 Å². The van der Waals surface area contributed by atoms with Gasteiger partial charge in [0, 0.05) is 11.6 Å². The normalized spacial score (nSPS) is 10.2. The summed E-state index contributed by atoms with van der Waals surface area (Å²) in [5, 5.41) is 9.64. The molecule has 0 bridgehead atoms. The van der Waals surface area contributed by atoms with Crippen molar-refractivity contribution in [3.8, 4) is 0 Å². The maximum atomic E-state index is 12.0. The van der Waals surface area contributed by atoms with Crippen molar-refractivity contribution in [1.29, 1.82) is 0 Å². The van der Waals surface area contributed by atoms with Crippen LogP contribution in [0.15, 0.2) is 59.3 Å². The summed E-state index contributed by atoms with van der Waals surface area (Å²) in [6.07, 6.45) is 1.62. The van der Waals surface area contributed by atoms with E-state index in [0.29, 0.717) is 17.2 Å². The SMILES string of the molecule is Cc1cc(Nc2ccc(NC(=O)c3ccccc3)nc2)no1. The van der Waals surface area contributed by atoms with Gasteiger partial charge in [0.25, 0.3) is 5.91 Å². The highest BCUT2D eigenvalue weighted by molar-refractivity contribution is 6.03. The molecule has 2 aromatic heterocycles. The molecule has 6 heteroatoms. The maximum absolute atomic E-state index is 12.0. The van der Waals surface area contributed by atoms with Crippen molar-refractivity contribution in [2.75, 3.05) is 10.6 Å². The molecule has 0 aliphatic rings. The fraction of sp³-hybridized carbons (Fsp3) is 0.0625. The Bertz CT molecular complexity index is 766. The van der Waals surface area contributed by atoms with E-state index in [1.807, 2.05) is 25.1 Å². The van der Waals surface area contributed by atoms with Crippen LogP contribution in [-0.4, -0.2) is 16.0 Å². The Labute approximate surface area is 127 Å². The van der Waals surface area contributed by atoms with Crippen molar-refractivity contribution >= 4 is 23.2 Å². The summed E-state index contributed by atoms with van der Waals surface area (Å²) in [5.41, 5.74) is 1.34. The number of nitrogens with zero attached hydrogens (tertiary/aromatic N) is 2. The highest BCUT2D eigenvalue weighted by atomic mass is 16.5. The number of pyridine rings is 1. The highest BCUT2D eigenvalue weighted by Crippen LogP contribution is 2.17. The lowest BCUT2D eigenvalue weighted by atomic mass is 10.2. The van der Waals surface area contributed by atoms with Crippen LogP contribution in [0.25, 0.3) is 0 Å². The smallest absolute Gasteiger partial charge is 0.256 e. The second-order valence-electron chi connectivity index (χ2n) is 4.70. The second kappa shape index (κ2) is 6.09. The van der Waals surface area contributed by atoms with Crippen LogP contribution in [0.4, 0.5) is 17.3 Å². The minimum absolute atomic E-state index is 0.194. The summed E-state index contributed by atoms with van der Waals surface area (Å²) in [5.74, 6) is 1.62. The Morgan fingerprint density at radius 2 is 1.91 bits per heavy atom. The first-order valence-electron chi connectivity index (χ1n) is 6.73. The molecule has 0 saturated carbocycles. The number of rotatable bonds is 4. The first kappa shape index (κ1) is 13.8. The third-order valence-electron chi connectivity index (χ3n) is 2.94.